The molecule has 3 N–H and O–H groups in total. The van der Waals surface area contributed by atoms with Gasteiger partial charge < -0.3 is 5.32 Å². The van der Waals surface area contributed by atoms with Crippen molar-refractivity contribution in [1.29, 1.82) is 0 Å². The third-order valence-electron chi connectivity index (χ3n) is 2.90. The highest BCUT2D eigenvalue weighted by Crippen LogP contribution is 2.19. The van der Waals surface area contributed by atoms with Gasteiger partial charge in [0.15, 0.2) is 0 Å². The Balaban J connectivity index is 2.13. The van der Waals surface area contributed by atoms with E-state index in [0.717, 1.165) is 10.0 Å². The minimum absolute atomic E-state index is 0.104. The van der Waals surface area contributed by atoms with E-state index in [9.17, 15) is 8.42 Å². The summed E-state index contributed by atoms with van der Waals surface area (Å²) in [4.78, 5) is 0.104. The van der Waals surface area contributed by atoms with E-state index in [1.165, 1.54) is 17.7 Å². The van der Waals surface area contributed by atoms with Crippen molar-refractivity contribution in [2.24, 2.45) is 5.14 Å². The first-order valence-corrected chi connectivity index (χ1v) is 8.32. The molecule has 0 saturated heterocycles. The zero-order valence-electron chi connectivity index (χ0n) is 10.9. The van der Waals surface area contributed by atoms with Crippen molar-refractivity contribution >= 4 is 31.6 Å². The summed E-state index contributed by atoms with van der Waals surface area (Å²) in [5, 5.41) is 8.29. The van der Waals surface area contributed by atoms with Gasteiger partial charge in [0.1, 0.15) is 0 Å². The van der Waals surface area contributed by atoms with Gasteiger partial charge in [0.05, 0.1) is 4.90 Å². The van der Waals surface area contributed by atoms with E-state index in [-0.39, 0.29) is 4.90 Å². The van der Waals surface area contributed by atoms with Crippen molar-refractivity contribution < 1.29 is 8.42 Å². The molecular formula is C14H15BrN2O2S. The molecule has 20 heavy (non-hydrogen) atoms. The van der Waals surface area contributed by atoms with E-state index in [4.69, 9.17) is 5.14 Å². The number of halogens is 1. The van der Waals surface area contributed by atoms with E-state index in [1.54, 1.807) is 12.1 Å². The van der Waals surface area contributed by atoms with Gasteiger partial charge in [-0.1, -0.05) is 34.1 Å². The van der Waals surface area contributed by atoms with E-state index >= 15 is 0 Å². The third-order valence-corrected chi connectivity index (χ3v) is 4.66. The number of rotatable bonds is 4. The van der Waals surface area contributed by atoms with Crippen LogP contribution in [0.4, 0.5) is 5.69 Å². The summed E-state index contributed by atoms with van der Waals surface area (Å²) in [6.07, 6.45) is 0. The summed E-state index contributed by atoms with van der Waals surface area (Å²) < 4.78 is 23.6. The number of hydrogen-bond donors (Lipinski definition) is 2. The molecule has 0 amide bonds. The maximum atomic E-state index is 11.3. The molecule has 0 unspecified atom stereocenters. The van der Waals surface area contributed by atoms with Gasteiger partial charge in [-0.05, 0) is 42.3 Å². The highest BCUT2D eigenvalue weighted by atomic mass is 79.9. The summed E-state index contributed by atoms with van der Waals surface area (Å²) in [5.74, 6) is 0. The lowest BCUT2D eigenvalue weighted by Gasteiger charge is -2.09. The number of nitrogens with two attached hydrogens (primary N) is 1. The zero-order valence-corrected chi connectivity index (χ0v) is 13.3. The fourth-order valence-corrected chi connectivity index (χ4v) is 2.72. The lowest BCUT2D eigenvalue weighted by atomic mass is 10.1. The standard InChI is InChI=1S/C14H15BrN2O2S/c1-10-5-6-11(7-14(10)15)9-17-12-3-2-4-13(8-12)20(16,18)19/h2-8,17H,9H2,1H3,(H2,16,18,19). The van der Waals surface area contributed by atoms with Crippen LogP contribution in [0.5, 0.6) is 0 Å². The molecule has 0 radical (unpaired) electrons. The second-order valence-corrected chi connectivity index (χ2v) is 6.93. The van der Waals surface area contributed by atoms with Crippen LogP contribution in [0.1, 0.15) is 11.1 Å². The van der Waals surface area contributed by atoms with Crippen LogP contribution >= 0.6 is 15.9 Å². The molecule has 0 aliphatic rings. The van der Waals surface area contributed by atoms with Crippen LogP contribution < -0.4 is 10.5 Å². The van der Waals surface area contributed by atoms with Gasteiger partial charge in [0.25, 0.3) is 0 Å². The SMILES string of the molecule is Cc1ccc(CNc2cccc(S(N)(=O)=O)c2)cc1Br. The molecule has 0 aliphatic heterocycles. The number of nitrogens with one attached hydrogen (secondary N) is 1. The van der Waals surface area contributed by atoms with Crippen molar-refractivity contribution in [3.63, 3.8) is 0 Å². The Morgan fingerprint density at radius 3 is 2.60 bits per heavy atom. The lowest BCUT2D eigenvalue weighted by Crippen LogP contribution is -2.12. The third kappa shape index (κ3) is 3.82. The molecule has 0 heterocycles. The van der Waals surface area contributed by atoms with Crippen molar-refractivity contribution in [3.05, 3.63) is 58.1 Å². The topological polar surface area (TPSA) is 72.2 Å². The minimum Gasteiger partial charge on any atom is -0.381 e. The van der Waals surface area contributed by atoms with Crippen LogP contribution in [0.25, 0.3) is 0 Å². The first-order valence-electron chi connectivity index (χ1n) is 5.98. The highest BCUT2D eigenvalue weighted by Gasteiger charge is 2.07. The van der Waals surface area contributed by atoms with E-state index in [1.807, 2.05) is 25.1 Å². The summed E-state index contributed by atoms with van der Waals surface area (Å²) >= 11 is 3.49. The molecule has 2 rings (SSSR count). The van der Waals surface area contributed by atoms with Gasteiger partial charge in [0, 0.05) is 16.7 Å². The van der Waals surface area contributed by atoms with Crippen molar-refractivity contribution in [2.45, 2.75) is 18.4 Å². The molecule has 0 saturated carbocycles. The Bertz CT molecular complexity index is 730. The Labute approximate surface area is 127 Å². The maximum absolute atomic E-state index is 11.3. The summed E-state index contributed by atoms with van der Waals surface area (Å²) in [6, 6.07) is 12.6. The van der Waals surface area contributed by atoms with Crippen molar-refractivity contribution in [2.75, 3.05) is 5.32 Å². The quantitative estimate of drug-likeness (QED) is 0.886. The molecule has 2 aromatic carbocycles. The predicted molar refractivity (Wildman–Crippen MR) is 84.0 cm³/mol. The summed E-state index contributed by atoms with van der Waals surface area (Å²) in [5.41, 5.74) is 2.99. The molecule has 0 atom stereocenters. The molecule has 0 aliphatic carbocycles. The first kappa shape index (κ1) is 15.0. The van der Waals surface area contributed by atoms with Crippen LogP contribution in [-0.4, -0.2) is 8.42 Å². The Kier molecular flexibility index (Phi) is 4.47. The summed E-state index contributed by atoms with van der Waals surface area (Å²) in [6.45, 7) is 2.63. The molecule has 4 nitrogen and oxygen atoms in total. The van der Waals surface area contributed by atoms with Gasteiger partial charge >= 0.3 is 0 Å². The van der Waals surface area contributed by atoms with E-state index in [0.29, 0.717) is 12.2 Å². The highest BCUT2D eigenvalue weighted by molar-refractivity contribution is 9.10. The molecule has 106 valence electrons. The fourth-order valence-electron chi connectivity index (χ4n) is 1.73. The van der Waals surface area contributed by atoms with Gasteiger partial charge in [-0.15, -0.1) is 0 Å². The first-order chi connectivity index (χ1) is 9.36. The van der Waals surface area contributed by atoms with Crippen molar-refractivity contribution in [1.82, 2.24) is 0 Å². The zero-order chi connectivity index (χ0) is 14.8. The number of sulfonamides is 1. The largest absolute Gasteiger partial charge is 0.381 e. The molecule has 2 aromatic rings. The van der Waals surface area contributed by atoms with Gasteiger partial charge in [-0.25, -0.2) is 13.6 Å². The number of primary sulfonamides is 1. The van der Waals surface area contributed by atoms with Crippen LogP contribution in [0, 0.1) is 6.92 Å². The molecule has 0 spiro atoms. The van der Waals surface area contributed by atoms with Crippen LogP contribution in [-0.2, 0) is 16.6 Å². The van der Waals surface area contributed by atoms with E-state index < -0.39 is 10.0 Å². The van der Waals surface area contributed by atoms with Crippen LogP contribution in [0.2, 0.25) is 0 Å². The fraction of sp³-hybridized carbons (Fsp3) is 0.143. The van der Waals surface area contributed by atoms with Crippen LogP contribution in [0.15, 0.2) is 51.8 Å². The Morgan fingerprint density at radius 1 is 1.20 bits per heavy atom. The normalized spacial score (nSPS) is 11.3. The van der Waals surface area contributed by atoms with Crippen LogP contribution in [0.3, 0.4) is 0 Å². The Hall–Kier alpha value is -1.37. The minimum atomic E-state index is -3.67. The molecule has 0 bridgehead atoms. The second kappa shape index (κ2) is 5.95. The van der Waals surface area contributed by atoms with E-state index in [2.05, 4.69) is 21.2 Å². The monoisotopic (exact) mass is 354 g/mol. The molecule has 0 aromatic heterocycles. The van der Waals surface area contributed by atoms with Gasteiger partial charge in [0.2, 0.25) is 10.0 Å². The molecule has 0 fully saturated rings. The molecular weight excluding hydrogens is 340 g/mol. The molecule has 6 heteroatoms. The predicted octanol–water partition coefficient (Wildman–Crippen LogP) is 3.02. The average molecular weight is 355 g/mol. The Morgan fingerprint density at radius 2 is 1.95 bits per heavy atom. The number of hydrogen-bond acceptors (Lipinski definition) is 3. The van der Waals surface area contributed by atoms with Gasteiger partial charge in [-0.3, -0.25) is 0 Å². The van der Waals surface area contributed by atoms with Gasteiger partial charge in [-0.2, -0.15) is 0 Å². The lowest BCUT2D eigenvalue weighted by molar-refractivity contribution is 0.598. The van der Waals surface area contributed by atoms with Crippen molar-refractivity contribution in [3.8, 4) is 0 Å². The maximum Gasteiger partial charge on any atom is 0.238 e. The smallest absolute Gasteiger partial charge is 0.238 e. The summed E-state index contributed by atoms with van der Waals surface area (Å²) in [7, 11) is -3.67. The second-order valence-electron chi connectivity index (χ2n) is 4.51. The number of benzene rings is 2. The number of aryl methyl sites for hydroxylation is 1. The number of anilines is 1. The average Bonchev–Trinajstić information content (AvgIpc) is 2.39.